The van der Waals surface area contributed by atoms with E-state index in [0.29, 0.717) is 41.2 Å². The monoisotopic (exact) mass is 418 g/mol. The molecule has 1 atom stereocenters. The minimum absolute atomic E-state index is 0.129. The fraction of sp³-hybridized carbons (Fsp3) is 0.182. The minimum Gasteiger partial charge on any atom is -0.492 e. The molecule has 0 saturated carbocycles. The van der Waals surface area contributed by atoms with Crippen LogP contribution in [0.1, 0.15) is 22.0 Å². The maximum Gasteiger partial charge on any atom is 0.257 e. The van der Waals surface area contributed by atoms with E-state index in [4.69, 9.17) is 4.74 Å². The molecule has 4 aromatic rings. The molecule has 3 aromatic heterocycles. The first-order chi connectivity index (χ1) is 14.7. The highest BCUT2D eigenvalue weighted by Gasteiger charge is 2.28. The van der Waals surface area contributed by atoms with Crippen LogP contribution in [0.2, 0.25) is 0 Å². The maximum atomic E-state index is 13.3. The third-order valence-corrected chi connectivity index (χ3v) is 6.01. The topological polar surface area (TPSA) is 88.4 Å². The van der Waals surface area contributed by atoms with Crippen LogP contribution in [0.5, 0.6) is 5.88 Å². The van der Waals surface area contributed by atoms with Crippen LogP contribution in [0.4, 0.5) is 0 Å². The largest absolute Gasteiger partial charge is 0.492 e. The van der Waals surface area contributed by atoms with Gasteiger partial charge in [0.25, 0.3) is 5.91 Å². The molecule has 0 radical (unpaired) electrons. The Hall–Kier alpha value is -3.36. The SMILES string of the molecule is O=C(c1csc2c(O)nc(-c3ccccn3)nc12)N1CCOC(c2ccccc2)C1. The van der Waals surface area contributed by atoms with Crippen molar-refractivity contribution in [1.82, 2.24) is 19.9 Å². The molecule has 0 spiro atoms. The average molecular weight is 418 g/mol. The van der Waals surface area contributed by atoms with Crippen LogP contribution < -0.4 is 0 Å². The summed E-state index contributed by atoms with van der Waals surface area (Å²) in [5.74, 6) is 0.0154. The average Bonchev–Trinajstić information content (AvgIpc) is 3.24. The zero-order chi connectivity index (χ0) is 20.5. The fourth-order valence-corrected chi connectivity index (χ4v) is 4.40. The lowest BCUT2D eigenvalue weighted by Crippen LogP contribution is -2.42. The second-order valence-electron chi connectivity index (χ2n) is 6.93. The van der Waals surface area contributed by atoms with Crippen LogP contribution in [0.3, 0.4) is 0 Å². The molecule has 8 heteroatoms. The number of rotatable bonds is 3. The molecule has 30 heavy (non-hydrogen) atoms. The van der Waals surface area contributed by atoms with Crippen molar-refractivity contribution >= 4 is 27.5 Å². The standard InChI is InChI=1S/C22H18N4O3S/c27-21-19-18(24-20(25-21)16-8-4-5-9-23-16)15(13-30-19)22(28)26-10-11-29-17(12-26)14-6-2-1-3-7-14/h1-9,13,17H,10-12H2,(H,24,25,27). The number of nitrogens with zero attached hydrogens (tertiary/aromatic N) is 4. The molecular weight excluding hydrogens is 400 g/mol. The van der Waals surface area contributed by atoms with Crippen molar-refractivity contribution in [3.05, 3.63) is 71.2 Å². The lowest BCUT2D eigenvalue weighted by molar-refractivity contribution is -0.0227. The number of amides is 1. The summed E-state index contributed by atoms with van der Waals surface area (Å²) in [5, 5.41) is 12.1. The number of thiophene rings is 1. The number of pyridine rings is 1. The van der Waals surface area contributed by atoms with Gasteiger partial charge in [-0.1, -0.05) is 36.4 Å². The first-order valence-corrected chi connectivity index (χ1v) is 10.4. The van der Waals surface area contributed by atoms with E-state index in [2.05, 4.69) is 15.0 Å². The first-order valence-electron chi connectivity index (χ1n) is 9.56. The van der Waals surface area contributed by atoms with E-state index in [9.17, 15) is 9.90 Å². The number of fused-ring (bicyclic) bond motifs is 1. The zero-order valence-electron chi connectivity index (χ0n) is 15.9. The summed E-state index contributed by atoms with van der Waals surface area (Å²) in [4.78, 5) is 28.1. The second-order valence-corrected chi connectivity index (χ2v) is 7.81. The van der Waals surface area contributed by atoms with E-state index in [0.717, 1.165) is 5.56 Å². The van der Waals surface area contributed by atoms with Crippen LogP contribution in [0.25, 0.3) is 21.7 Å². The van der Waals surface area contributed by atoms with Crippen molar-refractivity contribution in [2.24, 2.45) is 0 Å². The summed E-state index contributed by atoms with van der Waals surface area (Å²) >= 11 is 1.26. The first kappa shape index (κ1) is 18.7. The van der Waals surface area contributed by atoms with Crippen molar-refractivity contribution in [1.29, 1.82) is 0 Å². The Morgan fingerprint density at radius 1 is 1.13 bits per heavy atom. The van der Waals surface area contributed by atoms with Crippen molar-refractivity contribution in [3.8, 4) is 17.4 Å². The van der Waals surface area contributed by atoms with Gasteiger partial charge in [-0.05, 0) is 17.7 Å². The Labute approximate surface area is 176 Å². The second kappa shape index (κ2) is 7.81. The molecule has 5 rings (SSSR count). The van der Waals surface area contributed by atoms with Gasteiger partial charge in [-0.25, -0.2) is 4.98 Å². The molecule has 1 aliphatic heterocycles. The van der Waals surface area contributed by atoms with E-state index in [1.54, 1.807) is 28.6 Å². The predicted octanol–water partition coefficient (Wildman–Crippen LogP) is 3.67. The summed E-state index contributed by atoms with van der Waals surface area (Å²) in [6.07, 6.45) is 1.47. The molecule has 4 heterocycles. The Bertz CT molecular complexity index is 1200. The van der Waals surface area contributed by atoms with Gasteiger partial charge in [0.2, 0.25) is 5.88 Å². The quantitative estimate of drug-likeness (QED) is 0.546. The van der Waals surface area contributed by atoms with Gasteiger partial charge < -0.3 is 14.7 Å². The van der Waals surface area contributed by atoms with Crippen LogP contribution in [0, 0.1) is 0 Å². The Kier molecular flexibility index (Phi) is 4.86. The van der Waals surface area contributed by atoms with Crippen molar-refractivity contribution in [2.75, 3.05) is 19.7 Å². The zero-order valence-corrected chi connectivity index (χ0v) is 16.7. The van der Waals surface area contributed by atoms with E-state index in [1.807, 2.05) is 36.4 Å². The summed E-state index contributed by atoms with van der Waals surface area (Å²) in [6.45, 7) is 1.43. The molecule has 1 aliphatic rings. The number of carbonyl (C=O) groups excluding carboxylic acids is 1. The molecule has 0 bridgehead atoms. The number of aromatic nitrogens is 3. The van der Waals surface area contributed by atoms with Crippen molar-refractivity contribution < 1.29 is 14.6 Å². The highest BCUT2D eigenvalue weighted by atomic mass is 32.1. The van der Waals surface area contributed by atoms with Gasteiger partial charge in [-0.3, -0.25) is 9.78 Å². The Balaban J connectivity index is 1.48. The Morgan fingerprint density at radius 2 is 1.97 bits per heavy atom. The number of morpholine rings is 1. The molecule has 1 unspecified atom stereocenters. The van der Waals surface area contributed by atoms with Crippen LogP contribution >= 0.6 is 11.3 Å². The summed E-state index contributed by atoms with van der Waals surface area (Å²) < 4.78 is 6.37. The molecule has 7 nitrogen and oxygen atoms in total. The highest BCUT2D eigenvalue weighted by Crippen LogP contribution is 2.34. The van der Waals surface area contributed by atoms with E-state index >= 15 is 0 Å². The summed E-state index contributed by atoms with van der Waals surface area (Å²) in [7, 11) is 0. The molecule has 1 aromatic carbocycles. The normalized spacial score (nSPS) is 16.7. The lowest BCUT2D eigenvalue weighted by atomic mass is 10.1. The number of hydrogen-bond acceptors (Lipinski definition) is 7. The molecule has 1 N–H and O–H groups in total. The third-order valence-electron chi connectivity index (χ3n) is 5.05. The van der Waals surface area contributed by atoms with Crippen LogP contribution in [0.15, 0.2) is 60.1 Å². The van der Waals surface area contributed by atoms with Gasteiger partial charge in [0.05, 0.1) is 18.7 Å². The van der Waals surface area contributed by atoms with Crippen LogP contribution in [-0.2, 0) is 4.74 Å². The predicted molar refractivity (Wildman–Crippen MR) is 113 cm³/mol. The highest BCUT2D eigenvalue weighted by molar-refractivity contribution is 7.17. The van der Waals surface area contributed by atoms with Crippen LogP contribution in [-0.4, -0.2) is 50.6 Å². The van der Waals surface area contributed by atoms with Crippen molar-refractivity contribution in [3.63, 3.8) is 0 Å². The summed E-state index contributed by atoms with van der Waals surface area (Å²) in [5.41, 5.74) is 2.48. The number of hydrogen-bond donors (Lipinski definition) is 1. The van der Waals surface area contributed by atoms with E-state index in [1.165, 1.54) is 11.3 Å². The molecule has 150 valence electrons. The Morgan fingerprint density at radius 3 is 2.77 bits per heavy atom. The maximum absolute atomic E-state index is 13.3. The number of benzene rings is 1. The molecule has 1 fully saturated rings. The lowest BCUT2D eigenvalue weighted by Gasteiger charge is -2.33. The minimum atomic E-state index is -0.166. The molecule has 1 saturated heterocycles. The van der Waals surface area contributed by atoms with Gasteiger partial charge in [0.1, 0.15) is 22.0 Å². The summed E-state index contributed by atoms with van der Waals surface area (Å²) in [6, 6.07) is 15.3. The number of aromatic hydroxyl groups is 1. The van der Waals surface area contributed by atoms with Gasteiger partial charge in [0.15, 0.2) is 5.82 Å². The molecular formula is C22H18N4O3S. The smallest absolute Gasteiger partial charge is 0.257 e. The van der Waals surface area contributed by atoms with Gasteiger partial charge in [-0.2, -0.15) is 4.98 Å². The van der Waals surface area contributed by atoms with Gasteiger partial charge in [0, 0.05) is 18.1 Å². The number of ether oxygens (including phenoxy) is 1. The molecule has 0 aliphatic carbocycles. The van der Waals surface area contributed by atoms with Crippen molar-refractivity contribution in [2.45, 2.75) is 6.10 Å². The van der Waals surface area contributed by atoms with Gasteiger partial charge in [-0.15, -0.1) is 11.3 Å². The van der Waals surface area contributed by atoms with E-state index < -0.39 is 0 Å². The third kappa shape index (κ3) is 3.40. The van der Waals surface area contributed by atoms with Gasteiger partial charge >= 0.3 is 0 Å². The van der Waals surface area contributed by atoms with E-state index in [-0.39, 0.29) is 23.7 Å². The fourth-order valence-electron chi connectivity index (χ4n) is 3.54. The molecule has 1 amide bonds. The number of carbonyl (C=O) groups is 1.